The van der Waals surface area contributed by atoms with Gasteiger partial charge in [-0.15, -0.1) is 3.89 Å². The second-order valence-electron chi connectivity index (χ2n) is 4.77. The molecular formula is C7H16N2O2S+2. The van der Waals surface area contributed by atoms with E-state index >= 15 is 0 Å². The van der Waals surface area contributed by atoms with Crippen LogP contribution in [0.5, 0.6) is 0 Å². The SMILES string of the molecule is C[N+](C)(C)C1CC[N+]12CS2(=O)=O. The molecular weight excluding hydrogens is 176 g/mol. The Morgan fingerprint density at radius 1 is 1.33 bits per heavy atom. The third-order valence-corrected chi connectivity index (χ3v) is 5.22. The van der Waals surface area contributed by atoms with Gasteiger partial charge < -0.3 is 0 Å². The second-order valence-corrected chi connectivity index (χ2v) is 6.92. The molecule has 0 aromatic carbocycles. The molecule has 0 aromatic heterocycles. The molecule has 0 amide bonds. The van der Waals surface area contributed by atoms with E-state index < -0.39 is 10.0 Å². The van der Waals surface area contributed by atoms with Crippen molar-refractivity contribution >= 4 is 10.0 Å². The average molecular weight is 192 g/mol. The van der Waals surface area contributed by atoms with Gasteiger partial charge in [-0.25, -0.2) is 0 Å². The average Bonchev–Trinajstić information content (AvgIpc) is 2.29. The lowest BCUT2D eigenvalue weighted by Gasteiger charge is -2.42. The summed E-state index contributed by atoms with van der Waals surface area (Å²) in [4.78, 5) is 0. The number of hydrogen-bond donors (Lipinski definition) is 0. The van der Waals surface area contributed by atoms with Crippen LogP contribution in [0.4, 0.5) is 0 Å². The van der Waals surface area contributed by atoms with Crippen molar-refractivity contribution in [2.75, 3.05) is 33.6 Å². The van der Waals surface area contributed by atoms with Gasteiger partial charge in [-0.3, -0.25) is 4.48 Å². The summed E-state index contributed by atoms with van der Waals surface area (Å²) >= 11 is 0. The smallest absolute Gasteiger partial charge is 0.281 e. The standard InChI is InChI=1S/C7H16N2O2S/c1-8(2,3)7-4-5-9(7)6-12(9,10)11/h7H,4-6H2,1-3H3/q+2. The zero-order valence-corrected chi connectivity index (χ0v) is 8.63. The van der Waals surface area contributed by atoms with Gasteiger partial charge >= 0.3 is 10.0 Å². The molecule has 5 heteroatoms. The molecule has 2 saturated heterocycles. The van der Waals surface area contributed by atoms with E-state index in [0.717, 1.165) is 17.4 Å². The number of rotatable bonds is 1. The van der Waals surface area contributed by atoms with Gasteiger partial charge in [-0.2, -0.15) is 8.42 Å². The molecule has 2 atom stereocenters. The Labute approximate surface area is 73.6 Å². The van der Waals surface area contributed by atoms with Crippen LogP contribution >= 0.6 is 0 Å². The van der Waals surface area contributed by atoms with Gasteiger partial charge in [-0.1, -0.05) is 0 Å². The third kappa shape index (κ3) is 0.815. The molecule has 2 heterocycles. The highest BCUT2D eigenvalue weighted by atomic mass is 32.2. The Kier molecular flexibility index (Phi) is 1.31. The highest BCUT2D eigenvalue weighted by Gasteiger charge is 2.76. The van der Waals surface area contributed by atoms with Crippen molar-refractivity contribution in [1.29, 1.82) is 0 Å². The van der Waals surface area contributed by atoms with E-state index in [4.69, 9.17) is 0 Å². The number of quaternary nitrogens is 2. The first kappa shape index (κ1) is 8.47. The summed E-state index contributed by atoms with van der Waals surface area (Å²) in [5, 5.41) is 0. The summed E-state index contributed by atoms with van der Waals surface area (Å²) < 4.78 is 23.7. The quantitative estimate of drug-likeness (QED) is 0.416. The topological polar surface area (TPSA) is 34.1 Å². The summed E-state index contributed by atoms with van der Waals surface area (Å²) in [5.74, 6) is 0.382. The van der Waals surface area contributed by atoms with Crippen molar-refractivity contribution in [2.24, 2.45) is 0 Å². The molecule has 0 bridgehead atoms. The molecule has 0 aliphatic carbocycles. The van der Waals surface area contributed by atoms with E-state index in [1.807, 2.05) is 0 Å². The molecule has 0 saturated carbocycles. The Morgan fingerprint density at radius 2 is 1.83 bits per heavy atom. The Morgan fingerprint density at radius 3 is 1.92 bits per heavy atom. The number of sulfonamides is 1. The van der Waals surface area contributed by atoms with E-state index in [0.29, 0.717) is 9.77 Å². The predicted molar refractivity (Wildman–Crippen MR) is 45.4 cm³/mol. The Hall–Kier alpha value is -0.130. The summed E-state index contributed by atoms with van der Waals surface area (Å²) in [6, 6.07) is 0. The molecule has 0 aromatic rings. The van der Waals surface area contributed by atoms with Crippen LogP contribution in [-0.4, -0.2) is 56.5 Å². The molecule has 1 spiro atoms. The van der Waals surface area contributed by atoms with Crippen LogP contribution < -0.4 is 0 Å². The van der Waals surface area contributed by atoms with Gasteiger partial charge in [0.05, 0.1) is 21.1 Å². The Balaban J connectivity index is 2.25. The molecule has 2 aliphatic rings. The van der Waals surface area contributed by atoms with Crippen molar-refractivity contribution in [2.45, 2.75) is 12.6 Å². The maximum atomic E-state index is 11.3. The van der Waals surface area contributed by atoms with Crippen molar-refractivity contribution in [3.63, 3.8) is 0 Å². The van der Waals surface area contributed by atoms with Crippen molar-refractivity contribution in [3.05, 3.63) is 0 Å². The van der Waals surface area contributed by atoms with Gasteiger partial charge in [0.25, 0.3) is 0 Å². The lowest BCUT2D eigenvalue weighted by Crippen LogP contribution is -2.65. The molecule has 2 fully saturated rings. The second kappa shape index (κ2) is 1.86. The first-order chi connectivity index (χ1) is 5.30. The minimum absolute atomic E-state index is 0.287. The summed E-state index contributed by atoms with van der Waals surface area (Å²) in [7, 11) is 3.47. The van der Waals surface area contributed by atoms with Crippen LogP contribution in [0.3, 0.4) is 0 Å². The van der Waals surface area contributed by atoms with E-state index in [2.05, 4.69) is 21.1 Å². The fourth-order valence-electron chi connectivity index (χ4n) is 2.28. The summed E-state index contributed by atoms with van der Waals surface area (Å²) in [6.07, 6.45) is 1.33. The van der Waals surface area contributed by atoms with Gasteiger partial charge in [0.15, 0.2) is 0 Å². The van der Waals surface area contributed by atoms with Crippen LogP contribution in [0.1, 0.15) is 6.42 Å². The number of hydrogen-bond acceptors (Lipinski definition) is 2. The third-order valence-electron chi connectivity index (χ3n) is 3.07. The van der Waals surface area contributed by atoms with Crippen LogP contribution in [0.25, 0.3) is 0 Å². The molecule has 2 aliphatic heterocycles. The molecule has 2 rings (SSSR count). The first-order valence-corrected chi connectivity index (χ1v) is 5.81. The largest absolute Gasteiger partial charge is 0.354 e. The van der Waals surface area contributed by atoms with E-state index in [9.17, 15) is 8.42 Å². The van der Waals surface area contributed by atoms with Crippen LogP contribution in [0.2, 0.25) is 0 Å². The summed E-state index contributed by atoms with van der Waals surface area (Å²) in [5.41, 5.74) is 0. The van der Waals surface area contributed by atoms with E-state index in [1.165, 1.54) is 0 Å². The number of nitrogens with zero attached hydrogens (tertiary/aromatic N) is 2. The normalized spacial score (nSPS) is 44.1. The van der Waals surface area contributed by atoms with E-state index in [1.54, 1.807) is 0 Å². The molecule has 0 N–H and O–H groups in total. The highest BCUT2D eigenvalue weighted by Crippen LogP contribution is 2.47. The first-order valence-electron chi connectivity index (χ1n) is 4.20. The maximum Gasteiger partial charge on any atom is 0.354 e. The fraction of sp³-hybridized carbons (Fsp3) is 1.00. The van der Waals surface area contributed by atoms with Gasteiger partial charge in [0.1, 0.15) is 13.0 Å². The highest BCUT2D eigenvalue weighted by molar-refractivity contribution is 7.90. The predicted octanol–water partition coefficient (Wildman–Crippen LogP) is -0.460. The van der Waals surface area contributed by atoms with Crippen molar-refractivity contribution in [3.8, 4) is 0 Å². The lowest BCUT2D eigenvalue weighted by molar-refractivity contribution is -1.06. The van der Waals surface area contributed by atoms with Gasteiger partial charge in [0.2, 0.25) is 12.0 Å². The van der Waals surface area contributed by atoms with Crippen molar-refractivity contribution in [1.82, 2.24) is 0 Å². The van der Waals surface area contributed by atoms with E-state index in [-0.39, 0.29) is 6.17 Å². The fourth-order valence-corrected chi connectivity index (χ4v) is 4.49. The lowest BCUT2D eigenvalue weighted by atomic mass is 10.1. The molecule has 12 heavy (non-hydrogen) atoms. The van der Waals surface area contributed by atoms with Crippen LogP contribution in [0.15, 0.2) is 0 Å². The van der Waals surface area contributed by atoms with Crippen LogP contribution in [0, 0.1) is 0 Å². The molecule has 70 valence electrons. The van der Waals surface area contributed by atoms with Gasteiger partial charge in [-0.05, 0) is 0 Å². The Bertz CT molecular complexity index is 317. The van der Waals surface area contributed by atoms with Crippen LogP contribution in [-0.2, 0) is 10.0 Å². The van der Waals surface area contributed by atoms with Gasteiger partial charge in [0, 0.05) is 0 Å². The zero-order chi connectivity index (χ0) is 9.20. The van der Waals surface area contributed by atoms with Crippen molar-refractivity contribution < 1.29 is 16.8 Å². The minimum atomic E-state index is -2.73. The molecule has 2 unspecified atom stereocenters. The minimum Gasteiger partial charge on any atom is -0.281 e. The molecule has 0 radical (unpaired) electrons. The monoisotopic (exact) mass is 192 g/mol. The molecule has 4 nitrogen and oxygen atoms in total. The zero-order valence-electron chi connectivity index (χ0n) is 7.82. The summed E-state index contributed by atoms with van der Waals surface area (Å²) in [6.45, 7) is 0.836. The maximum absolute atomic E-state index is 11.3.